The van der Waals surface area contributed by atoms with Gasteiger partial charge in [-0.2, -0.15) is 0 Å². The molecule has 0 spiro atoms. The average Bonchev–Trinajstić information content (AvgIpc) is 3.21. The number of anilines is 2. The summed E-state index contributed by atoms with van der Waals surface area (Å²) in [7, 11) is -3.79. The maximum absolute atomic E-state index is 12.5. The number of nitrogens with zero attached hydrogens (tertiary/aromatic N) is 2. The number of hydrogen-bond acceptors (Lipinski definition) is 7. The largest absolute Gasteiger partial charge is 0.494 e. The van der Waals surface area contributed by atoms with E-state index in [9.17, 15) is 13.2 Å². The monoisotopic (exact) mass is 460 g/mol. The summed E-state index contributed by atoms with van der Waals surface area (Å²) in [6, 6.07) is 12.8. The van der Waals surface area contributed by atoms with Crippen LogP contribution in [-0.4, -0.2) is 31.1 Å². The van der Waals surface area contributed by atoms with Crippen molar-refractivity contribution in [3.8, 4) is 5.75 Å². The normalized spacial score (nSPS) is 11.2. The Hall–Kier alpha value is -2.98. The van der Waals surface area contributed by atoms with Gasteiger partial charge in [-0.25, -0.2) is 8.42 Å². The van der Waals surface area contributed by atoms with Gasteiger partial charge < -0.3 is 10.1 Å². The van der Waals surface area contributed by atoms with E-state index in [-0.39, 0.29) is 15.9 Å². The van der Waals surface area contributed by atoms with Crippen molar-refractivity contribution < 1.29 is 17.9 Å². The molecule has 0 bridgehead atoms. The topological polar surface area (TPSA) is 110 Å². The van der Waals surface area contributed by atoms with Crippen LogP contribution in [0.3, 0.4) is 0 Å². The zero-order valence-electron chi connectivity index (χ0n) is 17.3. The van der Waals surface area contributed by atoms with Crippen molar-refractivity contribution in [3.63, 3.8) is 0 Å². The molecule has 0 aliphatic heterocycles. The first-order chi connectivity index (χ1) is 14.9. The second-order valence-electron chi connectivity index (χ2n) is 6.66. The van der Waals surface area contributed by atoms with Crippen molar-refractivity contribution in [1.82, 2.24) is 10.2 Å². The number of ether oxygens (including phenoxy) is 1. The van der Waals surface area contributed by atoms with Crippen molar-refractivity contribution >= 4 is 38.1 Å². The quantitative estimate of drug-likeness (QED) is 0.436. The fraction of sp³-hybridized carbons (Fsp3) is 0.286. The highest BCUT2D eigenvalue weighted by atomic mass is 32.2. The minimum absolute atomic E-state index is 0.0623. The Labute approximate surface area is 185 Å². The number of benzene rings is 2. The molecule has 10 heteroatoms. The van der Waals surface area contributed by atoms with Gasteiger partial charge in [0.1, 0.15) is 10.8 Å². The van der Waals surface area contributed by atoms with Crippen LogP contribution in [0, 0.1) is 0 Å². The van der Waals surface area contributed by atoms with Crippen LogP contribution in [0.2, 0.25) is 0 Å². The lowest BCUT2D eigenvalue weighted by Gasteiger charge is -2.09. The molecule has 31 heavy (non-hydrogen) atoms. The van der Waals surface area contributed by atoms with Crippen molar-refractivity contribution in [2.45, 2.75) is 38.0 Å². The van der Waals surface area contributed by atoms with Gasteiger partial charge in [0, 0.05) is 11.3 Å². The number of nitrogens with one attached hydrogen (secondary N) is 2. The van der Waals surface area contributed by atoms with E-state index in [0.29, 0.717) is 30.0 Å². The van der Waals surface area contributed by atoms with Crippen LogP contribution < -0.4 is 14.8 Å². The maximum atomic E-state index is 12.5. The van der Waals surface area contributed by atoms with Gasteiger partial charge in [-0.1, -0.05) is 31.6 Å². The molecular weight excluding hydrogens is 436 g/mol. The Bertz CT molecular complexity index is 1110. The molecule has 0 saturated carbocycles. The number of unbranched alkanes of at least 4 members (excludes halogenated alkanes) is 1. The third kappa shape index (κ3) is 6.25. The summed E-state index contributed by atoms with van der Waals surface area (Å²) in [5.74, 6) is 0.420. The summed E-state index contributed by atoms with van der Waals surface area (Å²) in [4.78, 5) is 12.5. The van der Waals surface area contributed by atoms with E-state index in [1.54, 1.807) is 24.3 Å². The number of aryl methyl sites for hydroxylation is 1. The average molecular weight is 461 g/mol. The van der Waals surface area contributed by atoms with E-state index in [2.05, 4.69) is 27.2 Å². The molecule has 2 N–H and O–H groups in total. The summed E-state index contributed by atoms with van der Waals surface area (Å²) in [6.07, 6.45) is 2.71. The Morgan fingerprint density at radius 3 is 2.35 bits per heavy atom. The molecule has 1 aromatic heterocycles. The molecule has 164 valence electrons. The number of aromatic nitrogens is 2. The number of rotatable bonds is 10. The summed E-state index contributed by atoms with van der Waals surface area (Å²) >= 11 is 1.19. The predicted octanol–water partition coefficient (Wildman–Crippen LogP) is 4.33. The van der Waals surface area contributed by atoms with Gasteiger partial charge >= 0.3 is 0 Å². The molecule has 0 aliphatic carbocycles. The molecule has 0 unspecified atom stereocenters. The van der Waals surface area contributed by atoms with E-state index in [0.717, 1.165) is 17.8 Å². The van der Waals surface area contributed by atoms with Crippen LogP contribution in [-0.2, 0) is 16.4 Å². The number of carbonyl (C=O) groups excluding carboxylic acids is 1. The zero-order chi connectivity index (χ0) is 22.3. The van der Waals surface area contributed by atoms with E-state index < -0.39 is 10.0 Å². The first-order valence-corrected chi connectivity index (χ1v) is 12.2. The number of amides is 1. The van der Waals surface area contributed by atoms with Crippen LogP contribution in [0.5, 0.6) is 5.75 Å². The van der Waals surface area contributed by atoms with Crippen molar-refractivity contribution in [2.24, 2.45) is 0 Å². The lowest BCUT2D eigenvalue weighted by atomic mass is 10.2. The lowest BCUT2D eigenvalue weighted by molar-refractivity contribution is 0.102. The molecule has 0 aliphatic rings. The van der Waals surface area contributed by atoms with E-state index in [1.165, 1.54) is 35.6 Å². The van der Waals surface area contributed by atoms with Crippen LogP contribution in [0.1, 0.15) is 42.1 Å². The third-order valence-electron chi connectivity index (χ3n) is 4.30. The number of hydrogen-bond donors (Lipinski definition) is 2. The third-order valence-corrected chi connectivity index (χ3v) is 6.76. The van der Waals surface area contributed by atoms with Crippen LogP contribution in [0.15, 0.2) is 53.4 Å². The summed E-state index contributed by atoms with van der Waals surface area (Å²) in [6.45, 7) is 4.65. The molecule has 0 saturated heterocycles. The van der Waals surface area contributed by atoms with Gasteiger partial charge in [0.25, 0.3) is 15.9 Å². The molecule has 0 atom stereocenters. The second-order valence-corrected chi connectivity index (χ2v) is 9.41. The highest BCUT2D eigenvalue weighted by Gasteiger charge is 2.17. The van der Waals surface area contributed by atoms with E-state index >= 15 is 0 Å². The van der Waals surface area contributed by atoms with Crippen LogP contribution in [0.25, 0.3) is 0 Å². The Balaban J connectivity index is 1.61. The molecule has 0 radical (unpaired) electrons. The first kappa shape index (κ1) is 22.7. The second kappa shape index (κ2) is 10.4. The van der Waals surface area contributed by atoms with Gasteiger partial charge in [0.05, 0.1) is 11.5 Å². The zero-order valence-corrected chi connectivity index (χ0v) is 18.9. The number of carbonyl (C=O) groups is 1. The molecule has 1 amide bonds. The van der Waals surface area contributed by atoms with E-state index in [1.807, 2.05) is 6.92 Å². The minimum atomic E-state index is -3.79. The fourth-order valence-electron chi connectivity index (χ4n) is 2.57. The molecule has 2 aromatic carbocycles. The molecule has 3 aromatic rings. The lowest BCUT2D eigenvalue weighted by Crippen LogP contribution is -2.14. The minimum Gasteiger partial charge on any atom is -0.494 e. The summed E-state index contributed by atoms with van der Waals surface area (Å²) in [5.41, 5.74) is 0.959. The van der Waals surface area contributed by atoms with Gasteiger partial charge in [-0.15, -0.1) is 10.2 Å². The van der Waals surface area contributed by atoms with Crippen molar-refractivity contribution in [1.29, 1.82) is 0 Å². The molecule has 3 rings (SSSR count). The smallest absolute Gasteiger partial charge is 0.263 e. The van der Waals surface area contributed by atoms with Crippen LogP contribution >= 0.6 is 11.3 Å². The molecule has 1 heterocycles. The first-order valence-electron chi connectivity index (χ1n) is 9.90. The molecule has 0 fully saturated rings. The fourth-order valence-corrected chi connectivity index (χ4v) is 4.48. The van der Waals surface area contributed by atoms with Crippen LogP contribution in [0.4, 0.5) is 10.8 Å². The summed E-state index contributed by atoms with van der Waals surface area (Å²) < 4.78 is 33.0. The van der Waals surface area contributed by atoms with Gasteiger partial charge in [0.15, 0.2) is 0 Å². The molecule has 8 nitrogen and oxygen atoms in total. The molecular formula is C21H24N4O4S2. The Morgan fingerprint density at radius 1 is 1.03 bits per heavy atom. The summed E-state index contributed by atoms with van der Waals surface area (Å²) in [5, 5.41) is 11.4. The van der Waals surface area contributed by atoms with Gasteiger partial charge in [0.2, 0.25) is 5.13 Å². The predicted molar refractivity (Wildman–Crippen MR) is 121 cm³/mol. The highest BCUT2D eigenvalue weighted by Crippen LogP contribution is 2.22. The SMILES string of the molecule is CCCCOc1ccc(C(=O)Nc2ccc(S(=O)(=O)Nc3nnc(CC)s3)cc2)cc1. The standard InChI is InChI=1S/C21H24N4O4S2/c1-3-5-14-29-17-10-6-15(7-11-17)20(26)22-16-8-12-18(13-9-16)31(27,28)25-21-24-23-19(4-2)30-21/h6-13H,3-5,14H2,1-2H3,(H,22,26)(H,24,25). The van der Waals surface area contributed by atoms with Gasteiger partial charge in [-0.3, -0.25) is 9.52 Å². The highest BCUT2D eigenvalue weighted by molar-refractivity contribution is 7.93. The van der Waals surface area contributed by atoms with Gasteiger partial charge in [-0.05, 0) is 61.4 Å². The van der Waals surface area contributed by atoms with Crippen molar-refractivity contribution in [3.05, 3.63) is 59.1 Å². The maximum Gasteiger partial charge on any atom is 0.263 e. The van der Waals surface area contributed by atoms with E-state index in [4.69, 9.17) is 4.74 Å². The number of sulfonamides is 1. The Morgan fingerprint density at radius 2 is 1.74 bits per heavy atom. The van der Waals surface area contributed by atoms with Crippen molar-refractivity contribution in [2.75, 3.05) is 16.6 Å². The Kier molecular flexibility index (Phi) is 7.59.